The van der Waals surface area contributed by atoms with E-state index in [1.807, 2.05) is 6.92 Å². The highest BCUT2D eigenvalue weighted by atomic mass is 79.9. The average molecular weight is 697 g/mol. The van der Waals surface area contributed by atoms with Crippen molar-refractivity contribution in [1.82, 2.24) is 4.57 Å². The van der Waals surface area contributed by atoms with Crippen LogP contribution in [-0.2, 0) is 9.53 Å². The van der Waals surface area contributed by atoms with E-state index in [2.05, 4.69) is 36.9 Å². The second-order valence-corrected chi connectivity index (χ2v) is 11.1. The summed E-state index contributed by atoms with van der Waals surface area (Å²) in [7, 11) is 1.49. The lowest BCUT2D eigenvalue weighted by Gasteiger charge is -2.26. The number of aromatic nitrogens is 1. The summed E-state index contributed by atoms with van der Waals surface area (Å²) in [5, 5.41) is 21.4. The van der Waals surface area contributed by atoms with Crippen LogP contribution in [-0.4, -0.2) is 40.9 Å². The van der Waals surface area contributed by atoms with Crippen LogP contribution in [0.1, 0.15) is 37.9 Å². The van der Waals surface area contributed by atoms with Gasteiger partial charge in [-0.25, -0.2) is 9.79 Å². The van der Waals surface area contributed by atoms with Crippen LogP contribution in [0.2, 0.25) is 0 Å². The second-order valence-electron chi connectivity index (χ2n) is 8.39. The molecule has 0 bridgehead atoms. The monoisotopic (exact) mass is 695 g/mol. The van der Waals surface area contributed by atoms with Crippen LogP contribution < -0.4 is 24.4 Å². The van der Waals surface area contributed by atoms with Gasteiger partial charge in [0.15, 0.2) is 16.3 Å². The molecule has 4 rings (SSSR count). The molecule has 40 heavy (non-hydrogen) atoms. The number of carbonyl (C=O) groups is 1. The number of allylic oxidation sites excluding steroid dienone is 1. The number of methoxy groups -OCH3 is 1. The van der Waals surface area contributed by atoms with Gasteiger partial charge in [0, 0.05) is 10.5 Å². The lowest BCUT2D eigenvalue weighted by Crippen LogP contribution is -2.40. The van der Waals surface area contributed by atoms with E-state index in [1.54, 1.807) is 26.0 Å². The maximum atomic E-state index is 13.9. The van der Waals surface area contributed by atoms with Crippen molar-refractivity contribution >= 4 is 60.9 Å². The van der Waals surface area contributed by atoms with Crippen molar-refractivity contribution in [1.29, 1.82) is 0 Å². The number of phenolic OH excluding ortho intramolecular Hbond substituents is 1. The molecule has 0 fully saturated rings. The van der Waals surface area contributed by atoms with Crippen LogP contribution in [0.15, 0.2) is 54.3 Å². The number of ether oxygens (including phenoxy) is 3. The van der Waals surface area contributed by atoms with E-state index in [1.165, 1.54) is 29.9 Å². The van der Waals surface area contributed by atoms with Crippen LogP contribution in [0, 0.1) is 10.1 Å². The topological polar surface area (TPSA) is 142 Å². The summed E-state index contributed by atoms with van der Waals surface area (Å²) in [5.41, 5.74) is 0.401. The summed E-state index contributed by atoms with van der Waals surface area (Å²) >= 11 is 7.75. The zero-order valence-corrected chi connectivity index (χ0v) is 25.7. The van der Waals surface area contributed by atoms with Gasteiger partial charge in [0.05, 0.1) is 51.6 Å². The Morgan fingerprint density at radius 2 is 1.93 bits per heavy atom. The van der Waals surface area contributed by atoms with Crippen LogP contribution >= 0.6 is 43.2 Å². The van der Waals surface area contributed by atoms with Crippen molar-refractivity contribution in [3.63, 3.8) is 0 Å². The van der Waals surface area contributed by atoms with E-state index >= 15 is 0 Å². The highest BCUT2D eigenvalue weighted by Gasteiger charge is 2.35. The minimum Gasteiger partial charge on any atom is -0.501 e. The van der Waals surface area contributed by atoms with Crippen molar-refractivity contribution in [3.8, 4) is 17.2 Å². The van der Waals surface area contributed by atoms with Gasteiger partial charge in [0.1, 0.15) is 0 Å². The fraction of sp³-hybridized carbons (Fsp3) is 0.269. The molecule has 0 amide bonds. The van der Waals surface area contributed by atoms with Crippen molar-refractivity contribution in [2.24, 2.45) is 4.99 Å². The Labute approximate surface area is 248 Å². The first-order chi connectivity index (χ1) is 19.0. The molecule has 2 heterocycles. The molecule has 1 atom stereocenters. The zero-order valence-electron chi connectivity index (χ0n) is 21.7. The van der Waals surface area contributed by atoms with Crippen molar-refractivity contribution in [2.75, 3.05) is 20.3 Å². The van der Waals surface area contributed by atoms with Gasteiger partial charge in [-0.2, -0.15) is 0 Å². The highest BCUT2D eigenvalue weighted by molar-refractivity contribution is 9.10. The lowest BCUT2D eigenvalue weighted by molar-refractivity contribution is -0.386. The molecule has 0 spiro atoms. The fourth-order valence-corrected chi connectivity index (χ4v) is 6.31. The molecular formula is C26H23Br2N3O8S. The van der Waals surface area contributed by atoms with Gasteiger partial charge in [-0.3, -0.25) is 19.5 Å². The Bertz CT molecular complexity index is 1750. The van der Waals surface area contributed by atoms with E-state index in [0.717, 1.165) is 11.3 Å². The Hall–Kier alpha value is -3.49. The summed E-state index contributed by atoms with van der Waals surface area (Å²) in [6.07, 6.45) is 1.47. The molecule has 0 unspecified atom stereocenters. The maximum Gasteiger partial charge on any atom is 0.338 e. The van der Waals surface area contributed by atoms with Crippen LogP contribution in [0.25, 0.3) is 6.08 Å². The van der Waals surface area contributed by atoms with Crippen LogP contribution in [0.3, 0.4) is 0 Å². The first-order valence-electron chi connectivity index (χ1n) is 11.9. The highest BCUT2D eigenvalue weighted by Crippen LogP contribution is 2.41. The molecule has 1 N–H and O–H groups in total. The van der Waals surface area contributed by atoms with E-state index in [0.29, 0.717) is 44.2 Å². The average Bonchev–Trinajstić information content (AvgIpc) is 3.19. The van der Waals surface area contributed by atoms with Gasteiger partial charge in [-0.1, -0.05) is 27.3 Å². The molecular weight excluding hydrogens is 674 g/mol. The van der Waals surface area contributed by atoms with Crippen molar-refractivity contribution in [2.45, 2.75) is 26.8 Å². The van der Waals surface area contributed by atoms with Gasteiger partial charge < -0.3 is 19.3 Å². The Kier molecular flexibility index (Phi) is 8.80. The number of rotatable bonds is 8. The Balaban J connectivity index is 2.01. The lowest BCUT2D eigenvalue weighted by atomic mass is 9.95. The number of thiazole rings is 1. The fourth-order valence-electron chi connectivity index (χ4n) is 4.25. The number of carbonyl (C=O) groups excluding carboxylic acids is 1. The third kappa shape index (κ3) is 5.43. The maximum absolute atomic E-state index is 13.9. The SMILES string of the molecule is CCOC(=O)C1=C(C)N=c2s/c(=C/c3cc(Br)c(O)c([N+](=O)[O-])c3)c(=O)n2[C@H]1c1cc(OC)c(OCC)cc1Br. The molecule has 11 nitrogen and oxygen atoms in total. The predicted octanol–water partition coefficient (Wildman–Crippen LogP) is 4.34. The van der Waals surface area contributed by atoms with Crippen LogP contribution in [0.4, 0.5) is 5.69 Å². The summed E-state index contributed by atoms with van der Waals surface area (Å²) in [4.78, 5) is 42.6. The second kappa shape index (κ2) is 11.9. The third-order valence-electron chi connectivity index (χ3n) is 5.95. The quantitative estimate of drug-likeness (QED) is 0.208. The number of aromatic hydroxyl groups is 1. The smallest absolute Gasteiger partial charge is 0.338 e. The number of halogens is 2. The third-order valence-corrected chi connectivity index (χ3v) is 8.23. The number of benzene rings is 2. The van der Waals surface area contributed by atoms with Crippen LogP contribution in [0.5, 0.6) is 17.2 Å². The summed E-state index contributed by atoms with van der Waals surface area (Å²) < 4.78 is 18.8. The van der Waals surface area contributed by atoms with Gasteiger partial charge in [-0.15, -0.1) is 0 Å². The van der Waals surface area contributed by atoms with Gasteiger partial charge >= 0.3 is 11.7 Å². The molecule has 0 radical (unpaired) electrons. The molecule has 0 saturated heterocycles. The molecule has 210 valence electrons. The van der Waals surface area contributed by atoms with Gasteiger partial charge in [0.2, 0.25) is 5.75 Å². The number of hydrogen-bond acceptors (Lipinski definition) is 10. The minimum atomic E-state index is -0.933. The molecule has 0 saturated carbocycles. The molecule has 1 aliphatic heterocycles. The number of nitro groups is 1. The van der Waals surface area contributed by atoms with E-state index in [-0.39, 0.29) is 21.2 Å². The minimum absolute atomic E-state index is 0.101. The first kappa shape index (κ1) is 29.5. The number of nitrogens with zero attached hydrogens (tertiary/aromatic N) is 3. The largest absolute Gasteiger partial charge is 0.501 e. The first-order valence-corrected chi connectivity index (χ1v) is 14.3. The normalized spacial score (nSPS) is 14.9. The molecule has 1 aliphatic rings. The van der Waals surface area contributed by atoms with E-state index < -0.39 is 33.9 Å². The number of esters is 1. The van der Waals surface area contributed by atoms with Crippen molar-refractivity contribution < 1.29 is 29.0 Å². The summed E-state index contributed by atoms with van der Waals surface area (Å²) in [6, 6.07) is 5.09. The van der Waals surface area contributed by atoms with E-state index in [4.69, 9.17) is 14.2 Å². The zero-order chi connectivity index (χ0) is 29.3. The molecule has 0 aliphatic carbocycles. The molecule has 2 aromatic carbocycles. The van der Waals surface area contributed by atoms with E-state index in [9.17, 15) is 24.8 Å². The molecule has 14 heteroatoms. The Morgan fingerprint density at radius 3 is 2.55 bits per heavy atom. The van der Waals surface area contributed by atoms with Gasteiger partial charge in [-0.05, 0) is 72.1 Å². The number of phenols is 1. The number of fused-ring (bicyclic) bond motifs is 1. The molecule has 3 aromatic rings. The van der Waals surface area contributed by atoms with Gasteiger partial charge in [0.25, 0.3) is 5.56 Å². The predicted molar refractivity (Wildman–Crippen MR) is 155 cm³/mol. The summed E-state index contributed by atoms with van der Waals surface area (Å²) in [5.74, 6) is -0.263. The number of hydrogen-bond donors (Lipinski definition) is 1. The number of nitro benzene ring substituents is 1. The molecule has 1 aromatic heterocycles. The van der Waals surface area contributed by atoms with Crippen molar-refractivity contribution in [3.05, 3.63) is 85.4 Å². The summed E-state index contributed by atoms with van der Waals surface area (Å²) in [6.45, 7) is 5.70. The standard InChI is InChI=1S/C26H23Br2N3O8S/c1-5-38-19-11-15(27)14(10-18(19)37-4)22-21(25(34)39-6-2)12(3)29-26-30(22)24(33)20(40-26)9-13-7-16(28)23(32)17(8-13)31(35)36/h7-11,22,32H,5-6H2,1-4H3/b20-9+/t22-/m0/s1. The Morgan fingerprint density at radius 1 is 1.20 bits per heavy atom.